The second-order valence-corrected chi connectivity index (χ2v) is 10.6. The van der Waals surface area contributed by atoms with E-state index < -0.39 is 43.1 Å². The molecule has 10 nitrogen and oxygen atoms in total. The fourth-order valence-corrected chi connectivity index (χ4v) is 5.44. The zero-order valence-corrected chi connectivity index (χ0v) is 21.7. The molecule has 1 aliphatic carbocycles. The van der Waals surface area contributed by atoms with Crippen LogP contribution in [-0.4, -0.2) is 88.3 Å². The summed E-state index contributed by atoms with van der Waals surface area (Å²) in [6, 6.07) is 11.7. The largest absolute Gasteiger partial charge is 0.486 e. The first-order valence-corrected chi connectivity index (χ1v) is 13.6. The van der Waals surface area contributed by atoms with Crippen molar-refractivity contribution in [2.75, 3.05) is 26.4 Å². The molecule has 6 N–H and O–H groups in total. The Hall–Kier alpha value is -2.73. The lowest BCUT2D eigenvalue weighted by Gasteiger charge is -2.40. The van der Waals surface area contributed by atoms with Gasteiger partial charge < -0.3 is 45.1 Å². The number of aliphatic carboxylic acids is 1. The second-order valence-electron chi connectivity index (χ2n) is 10.6. The molecule has 10 heteroatoms. The Kier molecular flexibility index (Phi) is 8.70. The van der Waals surface area contributed by atoms with Crippen LogP contribution in [0.4, 0.5) is 0 Å². The summed E-state index contributed by atoms with van der Waals surface area (Å²) in [7, 11) is 0. The highest BCUT2D eigenvalue weighted by Gasteiger charge is 2.44. The first-order valence-electron chi connectivity index (χ1n) is 13.6. The van der Waals surface area contributed by atoms with Crippen molar-refractivity contribution >= 4 is 5.97 Å². The molecular formula is C29H37NO9. The number of rotatable bonds is 6. The van der Waals surface area contributed by atoms with Crippen molar-refractivity contribution in [3.05, 3.63) is 58.7 Å². The van der Waals surface area contributed by atoms with Crippen LogP contribution in [0, 0.1) is 0 Å². The van der Waals surface area contributed by atoms with Gasteiger partial charge in [0, 0.05) is 0 Å². The molecule has 6 rings (SSSR count). The molecule has 1 saturated carbocycles. The first kappa shape index (κ1) is 27.8. The summed E-state index contributed by atoms with van der Waals surface area (Å²) in [5.74, 6) is 1.33. The number of carbonyl (C=O) groups is 1. The van der Waals surface area contributed by atoms with Crippen molar-refractivity contribution in [3.63, 3.8) is 0 Å². The molecule has 3 fully saturated rings. The minimum Gasteiger partial charge on any atom is -0.486 e. The van der Waals surface area contributed by atoms with Gasteiger partial charge in [-0.15, -0.1) is 0 Å². The van der Waals surface area contributed by atoms with Crippen molar-refractivity contribution in [2.45, 2.75) is 74.6 Å². The van der Waals surface area contributed by atoms with Crippen LogP contribution in [0.25, 0.3) is 0 Å². The highest BCUT2D eigenvalue weighted by Crippen LogP contribution is 2.44. The summed E-state index contributed by atoms with van der Waals surface area (Å²) in [6.45, 7) is 1.51. The minimum atomic E-state index is -1.39. The van der Waals surface area contributed by atoms with E-state index in [9.17, 15) is 25.2 Å². The second kappa shape index (κ2) is 12.2. The van der Waals surface area contributed by atoms with Gasteiger partial charge in [0.1, 0.15) is 49.8 Å². The number of hydrogen-bond donors (Lipinski definition) is 6. The van der Waals surface area contributed by atoms with Crippen molar-refractivity contribution < 1.29 is 44.5 Å². The molecule has 212 valence electrons. The average molecular weight is 544 g/mol. The molecule has 2 aromatic carbocycles. The fourth-order valence-electron chi connectivity index (χ4n) is 5.44. The van der Waals surface area contributed by atoms with Crippen LogP contribution in [0.15, 0.2) is 36.4 Å². The highest BCUT2D eigenvalue weighted by molar-refractivity contribution is 5.73. The third kappa shape index (κ3) is 6.37. The van der Waals surface area contributed by atoms with Gasteiger partial charge in [0.2, 0.25) is 0 Å². The molecule has 0 radical (unpaired) electrons. The van der Waals surface area contributed by atoms with Crippen LogP contribution in [0.1, 0.15) is 60.0 Å². The Balaban J connectivity index is 0.000000332. The van der Waals surface area contributed by atoms with Crippen LogP contribution in [0.5, 0.6) is 11.5 Å². The predicted octanol–water partition coefficient (Wildman–Crippen LogP) is 1.26. The number of carboxylic acid groups (broad SMARTS) is 1. The zero-order chi connectivity index (χ0) is 27.5. The van der Waals surface area contributed by atoms with Gasteiger partial charge in [0.25, 0.3) is 0 Å². The van der Waals surface area contributed by atoms with Crippen molar-refractivity contribution in [1.82, 2.24) is 5.32 Å². The molecule has 0 spiro atoms. The van der Waals surface area contributed by atoms with Gasteiger partial charge in [-0.25, -0.2) is 0 Å². The van der Waals surface area contributed by atoms with Crippen LogP contribution < -0.4 is 14.8 Å². The van der Waals surface area contributed by atoms with Crippen molar-refractivity contribution in [3.8, 4) is 11.5 Å². The number of ether oxygens (including phenoxy) is 3. The lowest BCUT2D eigenvalue weighted by molar-refractivity contribution is -0.231. The molecule has 2 aromatic rings. The van der Waals surface area contributed by atoms with E-state index in [0.29, 0.717) is 31.1 Å². The third-order valence-electron chi connectivity index (χ3n) is 7.76. The highest BCUT2D eigenvalue weighted by atomic mass is 16.6. The van der Waals surface area contributed by atoms with E-state index in [0.717, 1.165) is 54.9 Å². The van der Waals surface area contributed by atoms with Gasteiger partial charge >= 0.3 is 5.97 Å². The summed E-state index contributed by atoms with van der Waals surface area (Å²) in [5.41, 5.74) is 4.22. The maximum Gasteiger partial charge on any atom is 0.320 e. The van der Waals surface area contributed by atoms with Crippen LogP contribution in [-0.2, 0) is 16.0 Å². The summed E-state index contributed by atoms with van der Waals surface area (Å²) in [6.07, 6.45) is -0.997. The molecule has 0 unspecified atom stereocenters. The summed E-state index contributed by atoms with van der Waals surface area (Å²) < 4.78 is 17.1. The number of carboxylic acids is 1. The summed E-state index contributed by atoms with van der Waals surface area (Å²) >= 11 is 0. The lowest BCUT2D eigenvalue weighted by Crippen LogP contribution is -2.55. The lowest BCUT2D eigenvalue weighted by atomic mass is 9.88. The van der Waals surface area contributed by atoms with E-state index >= 15 is 0 Å². The predicted molar refractivity (Wildman–Crippen MR) is 140 cm³/mol. The van der Waals surface area contributed by atoms with Gasteiger partial charge in [-0.3, -0.25) is 4.79 Å². The Morgan fingerprint density at radius 3 is 2.33 bits per heavy atom. The van der Waals surface area contributed by atoms with Gasteiger partial charge in [0.15, 0.2) is 11.5 Å². The number of hydrogen-bond acceptors (Lipinski definition) is 9. The van der Waals surface area contributed by atoms with Gasteiger partial charge in [-0.2, -0.15) is 0 Å². The SMILES string of the molecule is O=C(O)[C@@H]1CCCN1.OC[C@H]1O[C@@H](c2ccc(C3CC3)c(Cc3ccc4c(c3)OCCO4)c2)[C@H](O)[C@@H](O)[C@@H]1O. The zero-order valence-electron chi connectivity index (χ0n) is 21.7. The fraction of sp³-hybridized carbons (Fsp3) is 0.552. The Morgan fingerprint density at radius 2 is 1.69 bits per heavy atom. The van der Waals surface area contributed by atoms with E-state index in [1.807, 2.05) is 30.3 Å². The molecule has 0 bridgehead atoms. The van der Waals surface area contributed by atoms with E-state index in [4.69, 9.17) is 19.3 Å². The summed E-state index contributed by atoms with van der Waals surface area (Å²) in [5, 5.41) is 51.5. The number of benzene rings is 2. The Labute approximate surface area is 227 Å². The van der Waals surface area contributed by atoms with Crippen LogP contribution in [0.3, 0.4) is 0 Å². The van der Waals surface area contributed by atoms with E-state index in [-0.39, 0.29) is 6.04 Å². The maximum absolute atomic E-state index is 10.5. The average Bonchev–Trinajstić information content (AvgIpc) is 3.63. The van der Waals surface area contributed by atoms with Crippen LogP contribution in [0.2, 0.25) is 0 Å². The molecular weight excluding hydrogens is 506 g/mol. The molecule has 6 atom stereocenters. The summed E-state index contributed by atoms with van der Waals surface area (Å²) in [4.78, 5) is 10.1. The molecule has 0 aromatic heterocycles. The molecule has 4 aliphatic rings. The van der Waals surface area contributed by atoms with E-state index in [1.165, 1.54) is 5.56 Å². The van der Waals surface area contributed by atoms with E-state index in [1.54, 1.807) is 0 Å². The first-order chi connectivity index (χ1) is 18.9. The van der Waals surface area contributed by atoms with Crippen molar-refractivity contribution in [1.29, 1.82) is 0 Å². The smallest absolute Gasteiger partial charge is 0.320 e. The third-order valence-corrected chi connectivity index (χ3v) is 7.76. The van der Waals surface area contributed by atoms with Crippen LogP contribution >= 0.6 is 0 Å². The number of fused-ring (bicyclic) bond motifs is 1. The molecule has 3 aliphatic heterocycles. The number of aliphatic hydroxyl groups excluding tert-OH is 4. The molecule has 3 heterocycles. The topological polar surface area (TPSA) is 158 Å². The van der Waals surface area contributed by atoms with E-state index in [2.05, 4.69) is 11.4 Å². The molecule has 0 amide bonds. The quantitative estimate of drug-likeness (QED) is 0.313. The minimum absolute atomic E-state index is 0.269. The monoisotopic (exact) mass is 543 g/mol. The standard InChI is InChI=1S/C24H28O7.C5H9NO2/c25-12-20-21(26)22(27)23(28)24(31-20)15-4-5-17(14-2-3-14)16(11-15)9-13-1-6-18-19(10-13)30-8-7-29-18;7-5(8)4-2-1-3-6-4/h1,4-6,10-11,14,20-28H,2-3,7-9,12H2;4,6H,1-3H2,(H,7,8)/t20-,21-,22+,23-,24+;4-/m10/s1. The van der Waals surface area contributed by atoms with Crippen molar-refractivity contribution in [2.24, 2.45) is 0 Å². The van der Waals surface area contributed by atoms with Gasteiger partial charge in [-0.05, 0) is 79.0 Å². The Bertz CT molecular complexity index is 1150. The molecule has 39 heavy (non-hydrogen) atoms. The normalized spacial score (nSPS) is 29.8. The number of aliphatic hydroxyl groups is 4. The molecule has 2 saturated heterocycles. The van der Waals surface area contributed by atoms with Gasteiger partial charge in [-0.1, -0.05) is 24.3 Å². The number of nitrogens with one attached hydrogen (secondary N) is 1. The maximum atomic E-state index is 10.5. The Morgan fingerprint density at radius 1 is 0.923 bits per heavy atom. The van der Waals surface area contributed by atoms with Gasteiger partial charge in [0.05, 0.1) is 6.61 Å².